The molecule has 2 aromatic heterocycles. The predicted molar refractivity (Wildman–Crippen MR) is 73.3 cm³/mol. The van der Waals surface area contributed by atoms with Crippen molar-refractivity contribution in [1.82, 2.24) is 25.4 Å². The van der Waals surface area contributed by atoms with E-state index in [1.54, 1.807) is 6.20 Å². The molecule has 1 saturated heterocycles. The van der Waals surface area contributed by atoms with Crippen LogP contribution in [0, 0.1) is 6.92 Å². The van der Waals surface area contributed by atoms with Crippen LogP contribution in [0.1, 0.15) is 30.6 Å². The Hall–Kier alpha value is -2.02. The van der Waals surface area contributed by atoms with Crippen LogP contribution >= 0.6 is 0 Å². The zero-order chi connectivity index (χ0) is 14.2. The summed E-state index contributed by atoms with van der Waals surface area (Å²) >= 11 is 0. The number of rotatable bonds is 3. The molecule has 3 heterocycles. The number of hydrogen-bond acceptors (Lipinski definition) is 6. The summed E-state index contributed by atoms with van der Waals surface area (Å²) < 4.78 is 0. The van der Waals surface area contributed by atoms with E-state index in [1.807, 2.05) is 13.0 Å². The summed E-state index contributed by atoms with van der Waals surface area (Å²) in [7, 11) is 0. The fraction of sp³-hybridized carbons (Fsp3) is 0.538. The highest BCUT2D eigenvalue weighted by Gasteiger charge is 2.40. The third kappa shape index (κ3) is 2.24. The topological polar surface area (TPSA) is 90.8 Å². The van der Waals surface area contributed by atoms with Crippen LogP contribution in [0.5, 0.6) is 0 Å². The molecule has 0 aliphatic carbocycles. The Morgan fingerprint density at radius 1 is 1.45 bits per heavy atom. The van der Waals surface area contributed by atoms with Crippen molar-refractivity contribution in [1.29, 1.82) is 0 Å². The number of aryl methyl sites for hydroxylation is 2. The zero-order valence-corrected chi connectivity index (χ0v) is 11.7. The summed E-state index contributed by atoms with van der Waals surface area (Å²) in [5.74, 6) is 1.63. The van der Waals surface area contributed by atoms with E-state index in [-0.39, 0.29) is 0 Å². The number of aromatic nitrogens is 5. The van der Waals surface area contributed by atoms with Crippen LogP contribution in [0.4, 0.5) is 5.82 Å². The third-order valence-electron chi connectivity index (χ3n) is 3.70. The predicted octanol–water partition coefficient (Wildman–Crippen LogP) is 0.563. The summed E-state index contributed by atoms with van der Waals surface area (Å²) in [5.41, 5.74) is 0.643. The van der Waals surface area contributed by atoms with E-state index in [4.69, 9.17) is 0 Å². The minimum atomic E-state index is -0.960. The first-order valence-corrected chi connectivity index (χ1v) is 6.79. The van der Waals surface area contributed by atoms with Gasteiger partial charge < -0.3 is 10.0 Å². The quantitative estimate of drug-likeness (QED) is 0.850. The highest BCUT2D eigenvalue weighted by Crippen LogP contribution is 2.32. The Morgan fingerprint density at radius 3 is 3.00 bits per heavy atom. The van der Waals surface area contributed by atoms with E-state index in [2.05, 4.69) is 37.2 Å². The molecule has 2 N–H and O–H groups in total. The van der Waals surface area contributed by atoms with Gasteiger partial charge in [-0.05, 0) is 13.3 Å². The van der Waals surface area contributed by atoms with Gasteiger partial charge in [-0.25, -0.2) is 9.97 Å². The van der Waals surface area contributed by atoms with Gasteiger partial charge in [0.1, 0.15) is 22.9 Å². The lowest BCUT2D eigenvalue weighted by Gasteiger charge is -2.22. The van der Waals surface area contributed by atoms with Gasteiger partial charge in [-0.2, -0.15) is 15.4 Å². The van der Waals surface area contributed by atoms with Gasteiger partial charge in [-0.3, -0.25) is 0 Å². The number of hydrogen-bond donors (Lipinski definition) is 2. The summed E-state index contributed by atoms with van der Waals surface area (Å²) in [6.07, 6.45) is 3.06. The van der Waals surface area contributed by atoms with Crippen molar-refractivity contribution >= 4 is 5.82 Å². The van der Waals surface area contributed by atoms with Crippen LogP contribution in [-0.2, 0) is 12.0 Å². The van der Waals surface area contributed by atoms with Crippen LogP contribution in [0.15, 0.2) is 12.3 Å². The van der Waals surface area contributed by atoms with Crippen LogP contribution in [-0.4, -0.2) is 43.6 Å². The van der Waals surface area contributed by atoms with Crippen molar-refractivity contribution < 1.29 is 5.11 Å². The van der Waals surface area contributed by atoms with Gasteiger partial charge in [0.25, 0.3) is 0 Å². The maximum Gasteiger partial charge on any atom is 0.132 e. The van der Waals surface area contributed by atoms with Gasteiger partial charge in [-0.1, -0.05) is 6.92 Å². The summed E-state index contributed by atoms with van der Waals surface area (Å²) in [4.78, 5) is 10.9. The molecule has 20 heavy (non-hydrogen) atoms. The number of aliphatic hydroxyl groups is 1. The summed E-state index contributed by atoms with van der Waals surface area (Å²) in [5, 5.41) is 21.0. The highest BCUT2D eigenvalue weighted by molar-refractivity contribution is 5.43. The van der Waals surface area contributed by atoms with Crippen LogP contribution in [0.3, 0.4) is 0 Å². The van der Waals surface area contributed by atoms with E-state index in [9.17, 15) is 5.11 Å². The largest absolute Gasteiger partial charge is 0.381 e. The molecule has 2 aromatic rings. The third-order valence-corrected chi connectivity index (χ3v) is 3.70. The number of nitrogens with zero attached hydrogens (tertiary/aromatic N) is 5. The lowest BCUT2D eigenvalue weighted by atomic mass is 10.0. The Morgan fingerprint density at radius 2 is 2.30 bits per heavy atom. The van der Waals surface area contributed by atoms with Crippen LogP contribution in [0.2, 0.25) is 0 Å². The first-order valence-electron chi connectivity index (χ1n) is 6.79. The normalized spacial score (nSPS) is 22.4. The van der Waals surface area contributed by atoms with Gasteiger partial charge in [0.15, 0.2) is 0 Å². The number of β-amino-alcohol motifs (C(OH)–C–C–N with tert-alkyl or cyclic N) is 1. The van der Waals surface area contributed by atoms with Gasteiger partial charge in [-0.15, -0.1) is 0 Å². The molecule has 7 nitrogen and oxygen atoms in total. The average Bonchev–Trinajstić information content (AvgIpc) is 3.08. The van der Waals surface area contributed by atoms with Gasteiger partial charge >= 0.3 is 0 Å². The van der Waals surface area contributed by atoms with Gasteiger partial charge in [0.2, 0.25) is 0 Å². The maximum atomic E-state index is 10.7. The molecule has 0 radical (unpaired) electrons. The molecule has 1 aliphatic rings. The Balaban J connectivity index is 1.85. The van der Waals surface area contributed by atoms with E-state index in [0.29, 0.717) is 18.7 Å². The zero-order valence-electron chi connectivity index (χ0n) is 11.7. The molecule has 1 unspecified atom stereocenters. The average molecular weight is 274 g/mol. The number of aromatic amines is 1. The first kappa shape index (κ1) is 13.0. The number of anilines is 1. The molecule has 0 amide bonds. The fourth-order valence-electron chi connectivity index (χ4n) is 2.58. The monoisotopic (exact) mass is 274 g/mol. The molecule has 0 bridgehead atoms. The van der Waals surface area contributed by atoms with Gasteiger partial charge in [0.05, 0.1) is 12.7 Å². The lowest BCUT2D eigenvalue weighted by molar-refractivity contribution is 0.0559. The minimum absolute atomic E-state index is 0.471. The second-order valence-corrected chi connectivity index (χ2v) is 5.18. The Bertz CT molecular complexity index is 599. The molecule has 1 atom stereocenters. The molecular formula is C13H18N6O. The smallest absolute Gasteiger partial charge is 0.132 e. The standard InChI is InChI=1S/C13H18N6O/c1-3-10-6-12(16-9(2)15-10)19-5-4-13(20,8-19)11-7-14-18-17-11/h6-7,20H,3-5,8H2,1-2H3,(H,14,17,18). The molecular weight excluding hydrogens is 256 g/mol. The number of H-pyrrole nitrogens is 1. The number of nitrogens with one attached hydrogen (secondary N) is 1. The minimum Gasteiger partial charge on any atom is -0.381 e. The molecule has 0 spiro atoms. The van der Waals surface area contributed by atoms with Gasteiger partial charge in [0, 0.05) is 24.7 Å². The Labute approximate surface area is 117 Å². The van der Waals surface area contributed by atoms with Crippen molar-refractivity contribution in [3.63, 3.8) is 0 Å². The van der Waals surface area contributed by atoms with Crippen molar-refractivity contribution in [3.8, 4) is 0 Å². The Kier molecular flexibility index (Phi) is 3.13. The van der Waals surface area contributed by atoms with Crippen LogP contribution < -0.4 is 4.90 Å². The maximum absolute atomic E-state index is 10.7. The summed E-state index contributed by atoms with van der Waals surface area (Å²) in [6, 6.07) is 1.99. The lowest BCUT2D eigenvalue weighted by Crippen LogP contribution is -2.31. The SMILES string of the molecule is CCc1cc(N2CCC(O)(c3cn[nH]n3)C2)nc(C)n1. The first-order chi connectivity index (χ1) is 9.60. The molecule has 3 rings (SSSR count). The second-order valence-electron chi connectivity index (χ2n) is 5.18. The highest BCUT2D eigenvalue weighted by atomic mass is 16.3. The van der Waals surface area contributed by atoms with E-state index in [1.165, 1.54) is 0 Å². The fourth-order valence-corrected chi connectivity index (χ4v) is 2.58. The van der Waals surface area contributed by atoms with E-state index < -0.39 is 5.60 Å². The van der Waals surface area contributed by atoms with Crippen LogP contribution in [0.25, 0.3) is 0 Å². The van der Waals surface area contributed by atoms with E-state index >= 15 is 0 Å². The van der Waals surface area contributed by atoms with Crippen molar-refractivity contribution in [2.45, 2.75) is 32.3 Å². The second kappa shape index (κ2) is 4.82. The molecule has 7 heteroatoms. The van der Waals surface area contributed by atoms with Crippen molar-refractivity contribution in [2.75, 3.05) is 18.0 Å². The van der Waals surface area contributed by atoms with Crippen molar-refractivity contribution in [3.05, 3.63) is 29.5 Å². The molecule has 1 aliphatic heterocycles. The molecule has 1 fully saturated rings. The summed E-state index contributed by atoms with van der Waals surface area (Å²) in [6.45, 7) is 5.17. The van der Waals surface area contributed by atoms with Crippen molar-refractivity contribution in [2.24, 2.45) is 0 Å². The molecule has 0 aromatic carbocycles. The molecule has 106 valence electrons. The van der Waals surface area contributed by atoms with E-state index in [0.717, 1.165) is 30.3 Å². The molecule has 0 saturated carbocycles.